The normalized spacial score (nSPS) is 9.94. The Bertz CT molecular complexity index is 518. The average Bonchev–Trinajstić information content (AvgIpc) is 2.46. The van der Waals surface area contributed by atoms with Gasteiger partial charge in [0.1, 0.15) is 5.75 Å². The Morgan fingerprint density at radius 2 is 1.44 bits per heavy atom. The number of hydrogen-bond donors (Lipinski definition) is 0. The number of para-hydroxylation sites is 1. The summed E-state index contributed by atoms with van der Waals surface area (Å²) in [4.78, 5) is 0. The summed E-state index contributed by atoms with van der Waals surface area (Å²) in [5.41, 5.74) is 2.06. The Kier molecular flexibility index (Phi) is 3.72. The second kappa shape index (κ2) is 5.45. The molecule has 0 saturated carbocycles. The van der Waals surface area contributed by atoms with E-state index in [2.05, 4.69) is 0 Å². The Labute approximate surface area is 107 Å². The van der Waals surface area contributed by atoms with Crippen LogP contribution in [0.25, 0.3) is 11.1 Å². The molecule has 0 aliphatic carbocycles. The minimum atomic E-state index is 0.728. The molecule has 0 fully saturated rings. The van der Waals surface area contributed by atoms with Crippen molar-refractivity contribution >= 4 is 0 Å². The van der Waals surface area contributed by atoms with Gasteiger partial charge in [0.15, 0.2) is 11.5 Å². The van der Waals surface area contributed by atoms with Crippen LogP contribution in [0, 0.1) is 0 Å². The quantitative estimate of drug-likeness (QED) is 0.825. The highest BCUT2D eigenvalue weighted by atomic mass is 16.5. The van der Waals surface area contributed by atoms with E-state index in [1.54, 1.807) is 21.3 Å². The molecule has 0 radical (unpaired) electrons. The molecule has 0 unspecified atom stereocenters. The molecule has 0 bridgehead atoms. The molecule has 0 atom stereocenters. The fourth-order valence-electron chi connectivity index (χ4n) is 1.89. The van der Waals surface area contributed by atoms with Crippen LogP contribution in [0.4, 0.5) is 0 Å². The lowest BCUT2D eigenvalue weighted by molar-refractivity contribution is 0.356. The van der Waals surface area contributed by atoms with E-state index < -0.39 is 0 Å². The SMILES string of the molecule is COc1ccc(-c2cccc(OC)c2OC)cc1. The first kappa shape index (κ1) is 12.3. The lowest BCUT2D eigenvalue weighted by Crippen LogP contribution is -1.93. The molecule has 0 amide bonds. The fourth-order valence-corrected chi connectivity index (χ4v) is 1.89. The Morgan fingerprint density at radius 3 is 2.00 bits per heavy atom. The van der Waals surface area contributed by atoms with Crippen LogP contribution < -0.4 is 14.2 Å². The average molecular weight is 244 g/mol. The first-order chi connectivity index (χ1) is 8.80. The number of benzene rings is 2. The van der Waals surface area contributed by atoms with Gasteiger partial charge in [-0.1, -0.05) is 24.3 Å². The van der Waals surface area contributed by atoms with Gasteiger partial charge < -0.3 is 14.2 Å². The minimum Gasteiger partial charge on any atom is -0.497 e. The van der Waals surface area contributed by atoms with E-state index in [-0.39, 0.29) is 0 Å². The summed E-state index contributed by atoms with van der Waals surface area (Å²) in [6.45, 7) is 0. The summed E-state index contributed by atoms with van der Waals surface area (Å²) >= 11 is 0. The maximum absolute atomic E-state index is 5.42. The largest absolute Gasteiger partial charge is 0.497 e. The molecule has 2 rings (SSSR count). The van der Waals surface area contributed by atoms with Gasteiger partial charge in [0.2, 0.25) is 0 Å². The second-order valence-electron chi connectivity index (χ2n) is 3.77. The highest BCUT2D eigenvalue weighted by Crippen LogP contribution is 2.38. The summed E-state index contributed by atoms with van der Waals surface area (Å²) in [7, 11) is 4.93. The maximum Gasteiger partial charge on any atom is 0.168 e. The first-order valence-electron chi connectivity index (χ1n) is 5.65. The molecule has 0 spiro atoms. The zero-order chi connectivity index (χ0) is 13.0. The smallest absolute Gasteiger partial charge is 0.168 e. The predicted octanol–water partition coefficient (Wildman–Crippen LogP) is 3.38. The molecule has 18 heavy (non-hydrogen) atoms. The molecule has 3 nitrogen and oxygen atoms in total. The van der Waals surface area contributed by atoms with Crippen molar-refractivity contribution in [3.05, 3.63) is 42.5 Å². The van der Waals surface area contributed by atoms with E-state index >= 15 is 0 Å². The zero-order valence-electron chi connectivity index (χ0n) is 10.8. The molecular weight excluding hydrogens is 228 g/mol. The number of rotatable bonds is 4. The Hall–Kier alpha value is -2.16. The lowest BCUT2D eigenvalue weighted by Gasteiger charge is -2.12. The van der Waals surface area contributed by atoms with Gasteiger partial charge in [-0.15, -0.1) is 0 Å². The Morgan fingerprint density at radius 1 is 0.722 bits per heavy atom. The van der Waals surface area contributed by atoms with Crippen LogP contribution >= 0.6 is 0 Å². The van der Waals surface area contributed by atoms with Crippen LogP contribution in [-0.4, -0.2) is 21.3 Å². The molecule has 0 saturated heterocycles. The van der Waals surface area contributed by atoms with E-state index in [0.717, 1.165) is 28.4 Å². The molecule has 0 aliphatic heterocycles. The van der Waals surface area contributed by atoms with Gasteiger partial charge >= 0.3 is 0 Å². The van der Waals surface area contributed by atoms with Crippen molar-refractivity contribution in [1.29, 1.82) is 0 Å². The highest BCUT2D eigenvalue weighted by Gasteiger charge is 2.10. The summed E-state index contributed by atoms with van der Waals surface area (Å²) in [5.74, 6) is 2.30. The van der Waals surface area contributed by atoms with Crippen LogP contribution in [0.15, 0.2) is 42.5 Å². The van der Waals surface area contributed by atoms with Gasteiger partial charge in [-0.05, 0) is 23.8 Å². The van der Waals surface area contributed by atoms with E-state index in [1.165, 1.54) is 0 Å². The second-order valence-corrected chi connectivity index (χ2v) is 3.77. The van der Waals surface area contributed by atoms with Crippen molar-refractivity contribution in [2.75, 3.05) is 21.3 Å². The topological polar surface area (TPSA) is 27.7 Å². The molecule has 94 valence electrons. The van der Waals surface area contributed by atoms with E-state index in [4.69, 9.17) is 14.2 Å². The van der Waals surface area contributed by atoms with E-state index in [1.807, 2.05) is 42.5 Å². The van der Waals surface area contributed by atoms with Gasteiger partial charge in [0.25, 0.3) is 0 Å². The molecule has 2 aromatic carbocycles. The zero-order valence-corrected chi connectivity index (χ0v) is 10.8. The van der Waals surface area contributed by atoms with Crippen LogP contribution in [0.1, 0.15) is 0 Å². The first-order valence-corrected chi connectivity index (χ1v) is 5.65. The van der Waals surface area contributed by atoms with Gasteiger partial charge in [-0.25, -0.2) is 0 Å². The lowest BCUT2D eigenvalue weighted by atomic mass is 10.0. The summed E-state index contributed by atoms with van der Waals surface area (Å²) in [5, 5.41) is 0. The van der Waals surface area contributed by atoms with Crippen LogP contribution in [0.3, 0.4) is 0 Å². The van der Waals surface area contributed by atoms with Crippen molar-refractivity contribution in [2.45, 2.75) is 0 Å². The molecular formula is C15H16O3. The molecule has 0 N–H and O–H groups in total. The standard InChI is InChI=1S/C15H16O3/c1-16-12-9-7-11(8-10-12)13-5-4-6-14(17-2)15(13)18-3/h4-10H,1-3H3. The maximum atomic E-state index is 5.42. The van der Waals surface area contributed by atoms with Gasteiger partial charge in [0.05, 0.1) is 21.3 Å². The third-order valence-corrected chi connectivity index (χ3v) is 2.80. The number of hydrogen-bond acceptors (Lipinski definition) is 3. The van der Waals surface area contributed by atoms with Crippen molar-refractivity contribution in [3.8, 4) is 28.4 Å². The van der Waals surface area contributed by atoms with Gasteiger partial charge in [-0.3, -0.25) is 0 Å². The third-order valence-electron chi connectivity index (χ3n) is 2.80. The van der Waals surface area contributed by atoms with Crippen molar-refractivity contribution < 1.29 is 14.2 Å². The monoisotopic (exact) mass is 244 g/mol. The van der Waals surface area contributed by atoms with Crippen LogP contribution in [-0.2, 0) is 0 Å². The van der Waals surface area contributed by atoms with Crippen molar-refractivity contribution in [1.82, 2.24) is 0 Å². The Balaban J connectivity index is 2.48. The predicted molar refractivity (Wildman–Crippen MR) is 71.5 cm³/mol. The highest BCUT2D eigenvalue weighted by molar-refractivity contribution is 5.74. The molecule has 2 aromatic rings. The van der Waals surface area contributed by atoms with Crippen LogP contribution in [0.2, 0.25) is 0 Å². The summed E-state index contributed by atoms with van der Waals surface area (Å²) in [6, 6.07) is 13.7. The van der Waals surface area contributed by atoms with E-state index in [0.29, 0.717) is 0 Å². The van der Waals surface area contributed by atoms with Gasteiger partial charge in [0, 0.05) is 5.56 Å². The molecule has 0 heterocycles. The fraction of sp³-hybridized carbons (Fsp3) is 0.200. The van der Waals surface area contributed by atoms with Gasteiger partial charge in [-0.2, -0.15) is 0 Å². The molecule has 0 aromatic heterocycles. The van der Waals surface area contributed by atoms with Crippen molar-refractivity contribution in [3.63, 3.8) is 0 Å². The molecule has 3 heteroatoms. The molecule has 0 aliphatic rings. The third kappa shape index (κ3) is 2.25. The summed E-state index contributed by atoms with van der Waals surface area (Å²) in [6.07, 6.45) is 0. The number of ether oxygens (including phenoxy) is 3. The van der Waals surface area contributed by atoms with Crippen molar-refractivity contribution in [2.24, 2.45) is 0 Å². The number of methoxy groups -OCH3 is 3. The van der Waals surface area contributed by atoms with E-state index in [9.17, 15) is 0 Å². The van der Waals surface area contributed by atoms with Crippen LogP contribution in [0.5, 0.6) is 17.2 Å². The summed E-state index contributed by atoms with van der Waals surface area (Å²) < 4.78 is 15.9. The minimum absolute atomic E-state index is 0.728.